The van der Waals surface area contributed by atoms with Crippen molar-refractivity contribution in [3.8, 4) is 11.5 Å². The summed E-state index contributed by atoms with van der Waals surface area (Å²) in [7, 11) is 1.82. The number of halogens is 4. The van der Waals surface area contributed by atoms with Gasteiger partial charge in [0.2, 0.25) is 5.82 Å². The fraction of sp³-hybridized carbons (Fsp3) is 0.200. The zero-order valence-electron chi connectivity index (χ0n) is 11.4. The van der Waals surface area contributed by atoms with Gasteiger partial charge >= 0.3 is 0 Å². The van der Waals surface area contributed by atoms with Gasteiger partial charge in [-0.05, 0) is 43.8 Å². The number of hydrogen-bond donors (Lipinski definition) is 1. The molecular weight excluding hydrogens is 364 g/mol. The van der Waals surface area contributed by atoms with Crippen molar-refractivity contribution in [2.45, 2.75) is 13.0 Å². The Morgan fingerprint density at radius 2 is 1.95 bits per heavy atom. The van der Waals surface area contributed by atoms with Crippen LogP contribution in [-0.4, -0.2) is 7.05 Å². The van der Waals surface area contributed by atoms with E-state index in [1.54, 1.807) is 18.2 Å². The topological polar surface area (TPSA) is 21.3 Å². The van der Waals surface area contributed by atoms with E-state index in [1.807, 2.05) is 14.0 Å². The molecule has 112 valence electrons. The molecule has 1 N–H and O–H groups in total. The van der Waals surface area contributed by atoms with Gasteiger partial charge in [-0.1, -0.05) is 33.6 Å². The quantitative estimate of drug-likeness (QED) is 0.716. The summed E-state index contributed by atoms with van der Waals surface area (Å²) in [5.74, 6) is -1.89. The normalized spacial score (nSPS) is 12.3. The van der Waals surface area contributed by atoms with Gasteiger partial charge in [0.15, 0.2) is 11.6 Å². The number of ether oxygens (including phenoxy) is 1. The zero-order valence-corrected chi connectivity index (χ0v) is 13.7. The maximum atomic E-state index is 13.7. The zero-order chi connectivity index (χ0) is 15.6. The summed E-state index contributed by atoms with van der Waals surface area (Å²) >= 11 is 9.27. The van der Waals surface area contributed by atoms with Crippen molar-refractivity contribution in [2.75, 3.05) is 7.05 Å². The molecule has 2 aromatic carbocycles. The minimum absolute atomic E-state index is 0.0756. The molecule has 0 spiro atoms. The molecule has 2 aromatic rings. The molecule has 0 aliphatic carbocycles. The predicted molar refractivity (Wildman–Crippen MR) is 83.1 cm³/mol. The molecule has 0 bridgehead atoms. The average molecular weight is 377 g/mol. The summed E-state index contributed by atoms with van der Waals surface area (Å²) < 4.78 is 32.7. The van der Waals surface area contributed by atoms with E-state index in [0.29, 0.717) is 15.2 Å². The molecular formula is C15H13BrClF2NO. The van der Waals surface area contributed by atoms with Crippen LogP contribution >= 0.6 is 27.5 Å². The van der Waals surface area contributed by atoms with Gasteiger partial charge in [0, 0.05) is 15.5 Å². The highest BCUT2D eigenvalue weighted by atomic mass is 79.9. The van der Waals surface area contributed by atoms with E-state index in [4.69, 9.17) is 16.3 Å². The first-order chi connectivity index (χ1) is 9.92. The SMILES string of the molecule is CNC(C)c1ccc(Oc2cc(Br)cc(F)c2F)cc1Cl. The minimum atomic E-state index is -1.04. The molecule has 0 aliphatic heterocycles. The highest BCUT2D eigenvalue weighted by Gasteiger charge is 2.14. The van der Waals surface area contributed by atoms with E-state index in [9.17, 15) is 8.78 Å². The van der Waals surface area contributed by atoms with E-state index >= 15 is 0 Å². The maximum Gasteiger partial charge on any atom is 0.201 e. The molecule has 1 atom stereocenters. The Kier molecular flexibility index (Phi) is 5.19. The summed E-state index contributed by atoms with van der Waals surface area (Å²) in [6.07, 6.45) is 0. The molecule has 0 saturated carbocycles. The lowest BCUT2D eigenvalue weighted by molar-refractivity contribution is 0.415. The number of hydrogen-bond acceptors (Lipinski definition) is 2. The summed E-state index contributed by atoms with van der Waals surface area (Å²) in [6, 6.07) is 7.48. The van der Waals surface area contributed by atoms with Crippen LogP contribution in [0.4, 0.5) is 8.78 Å². The molecule has 2 rings (SSSR count). The van der Waals surface area contributed by atoms with E-state index in [0.717, 1.165) is 11.6 Å². The van der Waals surface area contributed by atoms with Crippen molar-refractivity contribution in [1.82, 2.24) is 5.32 Å². The summed E-state index contributed by atoms with van der Waals surface area (Å²) in [5.41, 5.74) is 0.896. The van der Waals surface area contributed by atoms with Crippen LogP contribution in [0.1, 0.15) is 18.5 Å². The minimum Gasteiger partial charge on any atom is -0.454 e. The molecule has 1 unspecified atom stereocenters. The Balaban J connectivity index is 2.31. The average Bonchev–Trinajstić information content (AvgIpc) is 2.43. The van der Waals surface area contributed by atoms with Crippen molar-refractivity contribution in [3.05, 3.63) is 57.0 Å². The van der Waals surface area contributed by atoms with E-state index in [1.165, 1.54) is 6.07 Å². The van der Waals surface area contributed by atoms with Crippen LogP contribution in [0.25, 0.3) is 0 Å². The Morgan fingerprint density at radius 1 is 1.24 bits per heavy atom. The Hall–Kier alpha value is -1.17. The largest absolute Gasteiger partial charge is 0.454 e. The van der Waals surface area contributed by atoms with Gasteiger partial charge in [-0.3, -0.25) is 0 Å². The van der Waals surface area contributed by atoms with Crippen molar-refractivity contribution < 1.29 is 13.5 Å². The molecule has 0 fully saturated rings. The molecule has 0 radical (unpaired) electrons. The standard InChI is InChI=1S/C15H13BrClF2NO/c1-8(20-2)11-4-3-10(7-12(11)17)21-14-6-9(16)5-13(18)15(14)19/h3-8,20H,1-2H3. The number of benzene rings is 2. The van der Waals surface area contributed by atoms with Crippen molar-refractivity contribution in [3.63, 3.8) is 0 Å². The fourth-order valence-corrected chi connectivity index (χ4v) is 2.55. The second kappa shape index (κ2) is 6.73. The van der Waals surface area contributed by atoms with Gasteiger partial charge in [0.05, 0.1) is 0 Å². The highest BCUT2D eigenvalue weighted by molar-refractivity contribution is 9.10. The third-order valence-corrected chi connectivity index (χ3v) is 3.84. The number of nitrogens with one attached hydrogen (secondary N) is 1. The fourth-order valence-electron chi connectivity index (χ4n) is 1.81. The maximum absolute atomic E-state index is 13.7. The molecule has 21 heavy (non-hydrogen) atoms. The summed E-state index contributed by atoms with van der Waals surface area (Å²) in [4.78, 5) is 0. The Bertz CT molecular complexity index is 666. The molecule has 0 aliphatic rings. The first kappa shape index (κ1) is 16.2. The van der Waals surface area contributed by atoms with Crippen LogP contribution < -0.4 is 10.1 Å². The molecule has 2 nitrogen and oxygen atoms in total. The Labute approximate surface area is 135 Å². The van der Waals surface area contributed by atoms with Gasteiger partial charge in [0.1, 0.15) is 5.75 Å². The lowest BCUT2D eigenvalue weighted by atomic mass is 10.1. The van der Waals surface area contributed by atoms with Crippen LogP contribution in [0.15, 0.2) is 34.8 Å². The first-order valence-corrected chi connectivity index (χ1v) is 7.38. The first-order valence-electron chi connectivity index (χ1n) is 6.21. The van der Waals surface area contributed by atoms with Gasteiger partial charge in [-0.25, -0.2) is 4.39 Å². The molecule has 6 heteroatoms. The van der Waals surface area contributed by atoms with Crippen molar-refractivity contribution in [2.24, 2.45) is 0 Å². The van der Waals surface area contributed by atoms with Crippen molar-refractivity contribution in [1.29, 1.82) is 0 Å². The van der Waals surface area contributed by atoms with E-state index in [-0.39, 0.29) is 11.8 Å². The lowest BCUT2D eigenvalue weighted by Gasteiger charge is -2.14. The molecule has 0 aromatic heterocycles. The summed E-state index contributed by atoms with van der Waals surface area (Å²) in [5, 5.41) is 3.57. The third kappa shape index (κ3) is 3.73. The smallest absolute Gasteiger partial charge is 0.201 e. The summed E-state index contributed by atoms with van der Waals surface area (Å²) in [6.45, 7) is 1.96. The predicted octanol–water partition coefficient (Wildman–Crippen LogP) is 5.45. The lowest BCUT2D eigenvalue weighted by Crippen LogP contribution is -2.12. The molecule has 0 saturated heterocycles. The van der Waals surface area contributed by atoms with Crippen LogP contribution in [-0.2, 0) is 0 Å². The third-order valence-electron chi connectivity index (χ3n) is 3.06. The second-order valence-electron chi connectivity index (χ2n) is 4.50. The van der Waals surface area contributed by atoms with Gasteiger partial charge < -0.3 is 10.1 Å². The van der Waals surface area contributed by atoms with Crippen molar-refractivity contribution >= 4 is 27.5 Å². The highest BCUT2D eigenvalue weighted by Crippen LogP contribution is 2.33. The van der Waals surface area contributed by atoms with E-state index < -0.39 is 11.6 Å². The van der Waals surface area contributed by atoms with E-state index in [2.05, 4.69) is 21.2 Å². The van der Waals surface area contributed by atoms with Crippen LogP contribution in [0.2, 0.25) is 5.02 Å². The molecule has 0 heterocycles. The van der Waals surface area contributed by atoms with Crippen LogP contribution in [0.3, 0.4) is 0 Å². The monoisotopic (exact) mass is 375 g/mol. The molecule has 0 amide bonds. The Morgan fingerprint density at radius 3 is 2.57 bits per heavy atom. The second-order valence-corrected chi connectivity index (χ2v) is 5.82. The van der Waals surface area contributed by atoms with Crippen LogP contribution in [0.5, 0.6) is 11.5 Å². The number of rotatable bonds is 4. The van der Waals surface area contributed by atoms with Gasteiger partial charge in [-0.2, -0.15) is 4.39 Å². The van der Waals surface area contributed by atoms with Crippen LogP contribution in [0, 0.1) is 11.6 Å². The van der Waals surface area contributed by atoms with Gasteiger partial charge in [0.25, 0.3) is 0 Å². The van der Waals surface area contributed by atoms with Gasteiger partial charge in [-0.15, -0.1) is 0 Å².